The molecule has 0 amide bonds. The third-order valence-corrected chi connectivity index (χ3v) is 2.54. The van der Waals surface area contributed by atoms with Gasteiger partial charge in [-0.15, -0.1) is 0 Å². The maximum atomic E-state index is 10.3. The lowest BCUT2D eigenvalue weighted by atomic mass is 10.3. The standard InChI is InChI=1S/C5H12BrO3P/c6-4-2-1-3-5-10(7,8)9/h1-5H2,(H2,7,8,9). The molecule has 0 aliphatic carbocycles. The highest BCUT2D eigenvalue weighted by Gasteiger charge is 2.10. The van der Waals surface area contributed by atoms with E-state index >= 15 is 0 Å². The van der Waals surface area contributed by atoms with Gasteiger partial charge in [-0.25, -0.2) is 0 Å². The van der Waals surface area contributed by atoms with Crippen LogP contribution >= 0.6 is 23.5 Å². The Morgan fingerprint density at radius 1 is 1.20 bits per heavy atom. The first kappa shape index (κ1) is 10.6. The van der Waals surface area contributed by atoms with Crippen LogP contribution in [-0.4, -0.2) is 21.3 Å². The molecule has 62 valence electrons. The second kappa shape index (κ2) is 5.30. The first-order valence-corrected chi connectivity index (χ1v) is 6.09. The summed E-state index contributed by atoms with van der Waals surface area (Å²) < 4.78 is 10.3. The van der Waals surface area contributed by atoms with Crippen LogP contribution in [0.25, 0.3) is 0 Å². The predicted molar refractivity (Wildman–Crippen MR) is 44.6 cm³/mol. The molecule has 10 heavy (non-hydrogen) atoms. The van der Waals surface area contributed by atoms with Gasteiger partial charge >= 0.3 is 7.60 Å². The Bertz CT molecular complexity index is 122. The fourth-order valence-corrected chi connectivity index (χ4v) is 1.62. The topological polar surface area (TPSA) is 57.5 Å². The van der Waals surface area contributed by atoms with E-state index in [1.807, 2.05) is 0 Å². The maximum Gasteiger partial charge on any atom is 0.325 e. The summed E-state index contributed by atoms with van der Waals surface area (Å²) in [5.41, 5.74) is 0. The lowest BCUT2D eigenvalue weighted by Crippen LogP contribution is -1.87. The Labute approximate surface area is 69.1 Å². The largest absolute Gasteiger partial charge is 0.325 e. The van der Waals surface area contributed by atoms with Gasteiger partial charge in [0, 0.05) is 11.5 Å². The molecule has 0 rings (SSSR count). The van der Waals surface area contributed by atoms with Crippen molar-refractivity contribution in [3.05, 3.63) is 0 Å². The van der Waals surface area contributed by atoms with Crippen LogP contribution < -0.4 is 0 Å². The average molecular weight is 231 g/mol. The summed E-state index contributed by atoms with van der Waals surface area (Å²) in [4.78, 5) is 16.8. The van der Waals surface area contributed by atoms with Crippen molar-refractivity contribution in [1.29, 1.82) is 0 Å². The van der Waals surface area contributed by atoms with Crippen LogP contribution in [0.2, 0.25) is 0 Å². The van der Waals surface area contributed by atoms with Gasteiger partial charge in [0.1, 0.15) is 0 Å². The number of unbranched alkanes of at least 4 members (excludes halogenated alkanes) is 2. The second-order valence-corrected chi connectivity index (χ2v) is 4.71. The third-order valence-electron chi connectivity index (χ3n) is 1.08. The van der Waals surface area contributed by atoms with E-state index in [9.17, 15) is 4.57 Å². The summed E-state index contributed by atoms with van der Waals surface area (Å²) in [5, 5.41) is 0.911. The zero-order valence-corrected chi connectivity index (χ0v) is 8.14. The van der Waals surface area contributed by atoms with Crippen molar-refractivity contribution in [2.45, 2.75) is 19.3 Å². The van der Waals surface area contributed by atoms with Gasteiger partial charge in [0.2, 0.25) is 0 Å². The first-order valence-electron chi connectivity index (χ1n) is 3.17. The molecule has 0 aromatic heterocycles. The Hall–Kier alpha value is 0.630. The summed E-state index contributed by atoms with van der Waals surface area (Å²) in [6.07, 6.45) is 2.52. The molecule has 0 aliphatic rings. The number of alkyl halides is 1. The van der Waals surface area contributed by atoms with Gasteiger partial charge in [-0.3, -0.25) is 4.57 Å². The van der Waals surface area contributed by atoms with Crippen molar-refractivity contribution in [1.82, 2.24) is 0 Å². The van der Waals surface area contributed by atoms with E-state index in [1.54, 1.807) is 0 Å². The molecule has 0 aromatic carbocycles. The summed E-state index contributed by atoms with van der Waals surface area (Å²) in [6.45, 7) is 0. The molecule has 0 aromatic rings. The molecule has 2 N–H and O–H groups in total. The highest BCUT2D eigenvalue weighted by Crippen LogP contribution is 2.35. The lowest BCUT2D eigenvalue weighted by Gasteiger charge is -2.01. The molecule has 0 spiro atoms. The summed E-state index contributed by atoms with van der Waals surface area (Å²) >= 11 is 3.24. The molecule has 0 saturated carbocycles. The molecule has 0 unspecified atom stereocenters. The molecule has 0 heterocycles. The van der Waals surface area contributed by atoms with Crippen LogP contribution in [0.5, 0.6) is 0 Å². The molecular formula is C5H12BrO3P. The molecule has 0 saturated heterocycles. The predicted octanol–water partition coefficient (Wildman–Crippen LogP) is 1.73. The van der Waals surface area contributed by atoms with Crippen molar-refractivity contribution in [3.8, 4) is 0 Å². The molecule has 0 radical (unpaired) electrons. The van der Waals surface area contributed by atoms with Gasteiger partial charge in [-0.2, -0.15) is 0 Å². The van der Waals surface area contributed by atoms with E-state index in [1.165, 1.54) is 0 Å². The monoisotopic (exact) mass is 230 g/mol. The van der Waals surface area contributed by atoms with Crippen LogP contribution in [0.1, 0.15) is 19.3 Å². The number of rotatable bonds is 5. The van der Waals surface area contributed by atoms with E-state index in [0.717, 1.165) is 18.2 Å². The van der Waals surface area contributed by atoms with E-state index in [2.05, 4.69) is 15.9 Å². The van der Waals surface area contributed by atoms with E-state index in [-0.39, 0.29) is 6.16 Å². The van der Waals surface area contributed by atoms with Crippen LogP contribution in [0.4, 0.5) is 0 Å². The van der Waals surface area contributed by atoms with Crippen molar-refractivity contribution < 1.29 is 14.4 Å². The Balaban J connectivity index is 3.13. The maximum absolute atomic E-state index is 10.3. The van der Waals surface area contributed by atoms with Gasteiger partial charge in [0.05, 0.1) is 0 Å². The minimum Gasteiger partial charge on any atom is -0.324 e. The molecule has 5 heteroatoms. The smallest absolute Gasteiger partial charge is 0.324 e. The molecule has 0 aliphatic heterocycles. The highest BCUT2D eigenvalue weighted by molar-refractivity contribution is 9.09. The molecule has 0 bridgehead atoms. The van der Waals surface area contributed by atoms with E-state index in [0.29, 0.717) is 6.42 Å². The van der Waals surface area contributed by atoms with Gasteiger partial charge < -0.3 is 9.79 Å². The van der Waals surface area contributed by atoms with Crippen molar-refractivity contribution in [3.63, 3.8) is 0 Å². The SMILES string of the molecule is O=P(O)(O)CCCCCBr. The number of halogens is 1. The quantitative estimate of drug-likeness (QED) is 0.430. The third kappa shape index (κ3) is 8.63. The average Bonchev–Trinajstić information content (AvgIpc) is 1.78. The summed E-state index contributed by atoms with van der Waals surface area (Å²) in [7, 11) is -3.72. The minimum atomic E-state index is -3.72. The van der Waals surface area contributed by atoms with Gasteiger partial charge in [0.25, 0.3) is 0 Å². The Morgan fingerprint density at radius 2 is 1.80 bits per heavy atom. The first-order chi connectivity index (χ1) is 4.56. The van der Waals surface area contributed by atoms with E-state index < -0.39 is 7.60 Å². The van der Waals surface area contributed by atoms with Crippen molar-refractivity contribution in [2.24, 2.45) is 0 Å². The zero-order chi connectivity index (χ0) is 8.04. The van der Waals surface area contributed by atoms with E-state index in [4.69, 9.17) is 9.79 Å². The van der Waals surface area contributed by atoms with Gasteiger partial charge in [-0.1, -0.05) is 22.4 Å². The Morgan fingerprint density at radius 3 is 2.20 bits per heavy atom. The second-order valence-electron chi connectivity index (χ2n) is 2.14. The van der Waals surface area contributed by atoms with Crippen LogP contribution in [-0.2, 0) is 4.57 Å². The number of hydrogen-bond donors (Lipinski definition) is 2. The van der Waals surface area contributed by atoms with Gasteiger partial charge in [-0.05, 0) is 12.8 Å². The molecule has 0 fully saturated rings. The lowest BCUT2D eigenvalue weighted by molar-refractivity contribution is 0.371. The fraction of sp³-hybridized carbons (Fsp3) is 1.00. The summed E-state index contributed by atoms with van der Waals surface area (Å²) in [5.74, 6) is 0. The minimum absolute atomic E-state index is 0.0278. The van der Waals surface area contributed by atoms with Crippen LogP contribution in [0, 0.1) is 0 Å². The van der Waals surface area contributed by atoms with Crippen LogP contribution in [0.15, 0.2) is 0 Å². The van der Waals surface area contributed by atoms with Crippen molar-refractivity contribution in [2.75, 3.05) is 11.5 Å². The highest BCUT2D eigenvalue weighted by atomic mass is 79.9. The van der Waals surface area contributed by atoms with Crippen LogP contribution in [0.3, 0.4) is 0 Å². The molecule has 0 atom stereocenters. The summed E-state index contributed by atoms with van der Waals surface area (Å²) in [6, 6.07) is 0. The van der Waals surface area contributed by atoms with Gasteiger partial charge in [0.15, 0.2) is 0 Å². The molecular weight excluding hydrogens is 219 g/mol. The number of hydrogen-bond acceptors (Lipinski definition) is 1. The molecule has 3 nitrogen and oxygen atoms in total. The fourth-order valence-electron chi connectivity index (χ4n) is 0.589. The van der Waals surface area contributed by atoms with Crippen molar-refractivity contribution >= 4 is 23.5 Å². The Kier molecular flexibility index (Phi) is 5.64. The normalized spacial score (nSPS) is 11.9. The zero-order valence-electron chi connectivity index (χ0n) is 5.66.